The van der Waals surface area contributed by atoms with E-state index in [0.29, 0.717) is 29.1 Å². The van der Waals surface area contributed by atoms with Gasteiger partial charge in [0.2, 0.25) is 0 Å². The van der Waals surface area contributed by atoms with E-state index >= 15 is 0 Å². The predicted octanol–water partition coefficient (Wildman–Crippen LogP) is 0.966. The van der Waals surface area contributed by atoms with E-state index in [-0.39, 0.29) is 5.75 Å². The molecule has 18 heavy (non-hydrogen) atoms. The molecule has 0 radical (unpaired) electrons. The lowest BCUT2D eigenvalue weighted by Gasteiger charge is -2.09. The Bertz CT molecular complexity index is 517. The molecule has 1 aromatic carbocycles. The Hall–Kier alpha value is -1.67. The lowest BCUT2D eigenvalue weighted by Crippen LogP contribution is -2.13. The summed E-state index contributed by atoms with van der Waals surface area (Å²) < 4.78 is 5.67. The van der Waals surface area contributed by atoms with Crippen LogP contribution in [0.2, 0.25) is 0 Å². The predicted molar refractivity (Wildman–Crippen MR) is 67.1 cm³/mol. The number of hydrogen-bond donors (Lipinski definition) is 3. The van der Waals surface area contributed by atoms with Crippen LogP contribution in [0.5, 0.6) is 11.5 Å². The summed E-state index contributed by atoms with van der Waals surface area (Å²) in [4.78, 5) is 0. The number of benzene rings is 1. The molecule has 0 aliphatic rings. The maximum absolute atomic E-state index is 9.67. The largest absolute Gasteiger partial charge is 0.503 e. The number of hydrogen-bond acceptors (Lipinski definition) is 6. The van der Waals surface area contributed by atoms with E-state index in [9.17, 15) is 5.11 Å². The first kappa shape index (κ1) is 12.8. The zero-order valence-corrected chi connectivity index (χ0v) is 11.2. The molecule has 1 aromatic heterocycles. The number of tetrazole rings is 1. The van der Waals surface area contributed by atoms with Crippen LogP contribution >= 0.6 is 15.9 Å². The van der Waals surface area contributed by atoms with E-state index in [1.54, 1.807) is 6.07 Å². The zero-order valence-electron chi connectivity index (χ0n) is 9.64. The summed E-state index contributed by atoms with van der Waals surface area (Å²) in [5, 5.41) is 26.3. The Kier molecular flexibility index (Phi) is 4.11. The zero-order chi connectivity index (χ0) is 13.0. The lowest BCUT2D eigenvalue weighted by molar-refractivity contribution is 0.371. The normalized spacial score (nSPS) is 10.6. The number of methoxy groups -OCH3 is 1. The fourth-order valence-corrected chi connectivity index (χ4v) is 1.95. The Labute approximate surface area is 112 Å². The molecule has 0 atom stereocenters. The highest BCUT2D eigenvalue weighted by molar-refractivity contribution is 9.10. The smallest absolute Gasteiger partial charge is 0.188 e. The second-order valence-electron chi connectivity index (χ2n) is 3.56. The molecule has 1 heterocycles. The number of aromatic nitrogens is 4. The third-order valence-electron chi connectivity index (χ3n) is 2.31. The van der Waals surface area contributed by atoms with Crippen LogP contribution in [-0.2, 0) is 13.1 Å². The van der Waals surface area contributed by atoms with E-state index in [2.05, 4.69) is 41.9 Å². The second-order valence-corrected chi connectivity index (χ2v) is 4.41. The standard InChI is InChI=1S/C10H12BrN5O2/c1-18-8-3-6(2-7(11)10(8)17)4-12-5-9-13-15-16-14-9/h2-3,12,17H,4-5H2,1H3,(H,13,14,15,16). The highest BCUT2D eigenvalue weighted by Crippen LogP contribution is 2.35. The summed E-state index contributed by atoms with van der Waals surface area (Å²) in [5.41, 5.74) is 0.972. The highest BCUT2D eigenvalue weighted by atomic mass is 79.9. The van der Waals surface area contributed by atoms with Gasteiger partial charge in [0.1, 0.15) is 0 Å². The van der Waals surface area contributed by atoms with Crippen molar-refractivity contribution in [1.82, 2.24) is 25.9 Å². The summed E-state index contributed by atoms with van der Waals surface area (Å²) in [6.45, 7) is 1.11. The van der Waals surface area contributed by atoms with Gasteiger partial charge < -0.3 is 15.2 Å². The van der Waals surface area contributed by atoms with Crippen LogP contribution in [0.1, 0.15) is 11.4 Å². The molecule has 0 aliphatic carbocycles. The van der Waals surface area contributed by atoms with Gasteiger partial charge in [0.25, 0.3) is 0 Å². The summed E-state index contributed by atoms with van der Waals surface area (Å²) in [5.74, 6) is 1.12. The second kappa shape index (κ2) is 5.78. The maximum atomic E-state index is 9.67. The van der Waals surface area contributed by atoms with Crippen LogP contribution < -0.4 is 10.1 Å². The first-order valence-corrected chi connectivity index (χ1v) is 5.98. The quantitative estimate of drug-likeness (QED) is 0.761. The number of ether oxygens (including phenoxy) is 1. The average Bonchev–Trinajstić information content (AvgIpc) is 2.86. The van der Waals surface area contributed by atoms with Gasteiger partial charge in [-0.2, -0.15) is 5.21 Å². The minimum absolute atomic E-state index is 0.0967. The summed E-state index contributed by atoms with van der Waals surface area (Å²) in [6, 6.07) is 3.59. The van der Waals surface area contributed by atoms with E-state index in [0.717, 1.165) is 5.56 Å². The molecule has 3 N–H and O–H groups in total. The fourth-order valence-electron chi connectivity index (χ4n) is 1.46. The number of halogens is 1. The molecule has 0 saturated heterocycles. The molecule has 0 unspecified atom stereocenters. The Morgan fingerprint density at radius 2 is 2.28 bits per heavy atom. The highest BCUT2D eigenvalue weighted by Gasteiger charge is 2.08. The minimum Gasteiger partial charge on any atom is -0.503 e. The van der Waals surface area contributed by atoms with E-state index in [4.69, 9.17) is 4.74 Å². The summed E-state index contributed by atoms with van der Waals surface area (Å²) in [6.07, 6.45) is 0. The third-order valence-corrected chi connectivity index (χ3v) is 2.91. The molecule has 0 fully saturated rings. The Morgan fingerprint density at radius 1 is 1.44 bits per heavy atom. The van der Waals surface area contributed by atoms with Crippen molar-refractivity contribution in [3.05, 3.63) is 28.0 Å². The first-order chi connectivity index (χ1) is 8.70. The lowest BCUT2D eigenvalue weighted by atomic mass is 10.2. The maximum Gasteiger partial charge on any atom is 0.188 e. The number of nitrogens with zero attached hydrogens (tertiary/aromatic N) is 3. The van der Waals surface area contributed by atoms with Crippen LogP contribution in [0.3, 0.4) is 0 Å². The van der Waals surface area contributed by atoms with Crippen molar-refractivity contribution in [3.8, 4) is 11.5 Å². The van der Waals surface area contributed by atoms with Gasteiger partial charge in [0.05, 0.1) is 18.1 Å². The van der Waals surface area contributed by atoms with Crippen molar-refractivity contribution >= 4 is 15.9 Å². The van der Waals surface area contributed by atoms with Gasteiger partial charge in [-0.3, -0.25) is 0 Å². The summed E-state index contributed by atoms with van der Waals surface area (Å²) in [7, 11) is 1.51. The Morgan fingerprint density at radius 3 is 2.94 bits per heavy atom. The van der Waals surface area contributed by atoms with E-state index < -0.39 is 0 Å². The molecule has 2 rings (SSSR count). The van der Waals surface area contributed by atoms with Crippen molar-refractivity contribution < 1.29 is 9.84 Å². The molecule has 0 bridgehead atoms. The van der Waals surface area contributed by atoms with Crippen molar-refractivity contribution in [2.45, 2.75) is 13.1 Å². The number of phenols is 1. The molecule has 7 nitrogen and oxygen atoms in total. The van der Waals surface area contributed by atoms with Crippen molar-refractivity contribution in [2.24, 2.45) is 0 Å². The van der Waals surface area contributed by atoms with Gasteiger partial charge in [0.15, 0.2) is 17.3 Å². The SMILES string of the molecule is COc1cc(CNCc2nn[nH]n2)cc(Br)c1O. The number of rotatable bonds is 5. The van der Waals surface area contributed by atoms with Crippen molar-refractivity contribution in [1.29, 1.82) is 0 Å². The third kappa shape index (κ3) is 2.96. The fraction of sp³-hybridized carbons (Fsp3) is 0.300. The van der Waals surface area contributed by atoms with Crippen LogP contribution in [0.4, 0.5) is 0 Å². The minimum atomic E-state index is 0.0967. The van der Waals surface area contributed by atoms with Crippen LogP contribution in [-0.4, -0.2) is 32.8 Å². The van der Waals surface area contributed by atoms with Gasteiger partial charge in [-0.1, -0.05) is 5.21 Å². The van der Waals surface area contributed by atoms with Crippen molar-refractivity contribution in [2.75, 3.05) is 7.11 Å². The van der Waals surface area contributed by atoms with Crippen LogP contribution in [0.25, 0.3) is 0 Å². The molecule has 2 aromatic rings. The van der Waals surface area contributed by atoms with E-state index in [1.165, 1.54) is 7.11 Å². The molecule has 0 spiro atoms. The molecule has 0 aliphatic heterocycles. The van der Waals surface area contributed by atoms with Gasteiger partial charge in [-0.15, -0.1) is 10.2 Å². The van der Waals surface area contributed by atoms with Gasteiger partial charge in [0, 0.05) is 6.54 Å². The molecular weight excluding hydrogens is 302 g/mol. The number of phenolic OH excluding ortho intramolecular Hbond substituents is 1. The molecule has 0 amide bonds. The molecular formula is C10H12BrN5O2. The molecule has 96 valence electrons. The van der Waals surface area contributed by atoms with Crippen molar-refractivity contribution in [3.63, 3.8) is 0 Å². The summed E-state index contributed by atoms with van der Waals surface area (Å²) >= 11 is 3.27. The Balaban J connectivity index is 1.99. The molecule has 8 heteroatoms. The van der Waals surface area contributed by atoms with Crippen LogP contribution in [0.15, 0.2) is 16.6 Å². The average molecular weight is 314 g/mol. The van der Waals surface area contributed by atoms with Crippen LogP contribution in [0, 0.1) is 0 Å². The number of nitrogens with one attached hydrogen (secondary N) is 2. The van der Waals surface area contributed by atoms with E-state index in [1.807, 2.05) is 6.07 Å². The number of aromatic amines is 1. The van der Waals surface area contributed by atoms with Gasteiger partial charge >= 0.3 is 0 Å². The topological polar surface area (TPSA) is 96.0 Å². The molecule has 0 saturated carbocycles. The monoisotopic (exact) mass is 313 g/mol. The number of aromatic hydroxyl groups is 1. The first-order valence-electron chi connectivity index (χ1n) is 5.19. The van der Waals surface area contributed by atoms with Gasteiger partial charge in [-0.25, -0.2) is 0 Å². The number of H-pyrrole nitrogens is 1. The van der Waals surface area contributed by atoms with Gasteiger partial charge in [-0.05, 0) is 33.6 Å².